The monoisotopic (exact) mass is 220 g/mol. The van der Waals surface area contributed by atoms with Crippen LogP contribution >= 0.6 is 0 Å². The Balaban J connectivity index is 2.07. The summed E-state index contributed by atoms with van der Waals surface area (Å²) in [6.45, 7) is 10.1. The molecular weight excluding hydrogens is 200 g/mol. The number of hydrogen-bond acceptors (Lipinski definition) is 2. The van der Waals surface area contributed by atoms with Crippen molar-refractivity contribution in [3.05, 3.63) is 36.3 Å². The Labute approximate surface area is 97.3 Å². The molecule has 1 fully saturated rings. The maximum Gasteiger partial charge on any atom is 0.109 e. The van der Waals surface area contributed by atoms with Gasteiger partial charge in [0.25, 0.3) is 0 Å². The molecule has 2 heteroatoms. The first kappa shape index (κ1) is 11.5. The summed E-state index contributed by atoms with van der Waals surface area (Å²) >= 11 is 0. The second kappa shape index (κ2) is 4.10. The molecule has 2 rings (SSSR count). The number of ether oxygens (including phenoxy) is 1. The van der Waals surface area contributed by atoms with Gasteiger partial charge in [-0.15, -0.1) is 6.58 Å². The van der Waals surface area contributed by atoms with Crippen LogP contribution in [-0.4, -0.2) is 11.7 Å². The third-order valence-electron chi connectivity index (χ3n) is 3.55. The second-order valence-corrected chi connectivity index (χ2v) is 4.95. The smallest absolute Gasteiger partial charge is 0.109 e. The van der Waals surface area contributed by atoms with E-state index in [0.717, 1.165) is 24.4 Å². The highest BCUT2D eigenvalue weighted by Crippen LogP contribution is 2.38. The summed E-state index contributed by atoms with van der Waals surface area (Å²) in [7, 11) is 0. The first-order valence-corrected chi connectivity index (χ1v) is 5.92. The standard InChI is InChI=1S/C14H20O2/c1-5-14(4)9-8-13(16-14)11(3)12-7-6-10(2)15-12/h5-7,11,13H,1,8-9H2,2-4H3/t11-,13+,14+/m1/s1. The fourth-order valence-corrected chi connectivity index (χ4v) is 2.28. The fourth-order valence-electron chi connectivity index (χ4n) is 2.28. The predicted molar refractivity (Wildman–Crippen MR) is 64.6 cm³/mol. The molecule has 3 atom stereocenters. The molecule has 0 bridgehead atoms. The summed E-state index contributed by atoms with van der Waals surface area (Å²) in [5.41, 5.74) is -0.152. The van der Waals surface area contributed by atoms with E-state index in [1.165, 1.54) is 0 Å². The molecule has 0 aromatic carbocycles. The minimum absolute atomic E-state index is 0.152. The molecule has 1 aromatic rings. The quantitative estimate of drug-likeness (QED) is 0.723. The van der Waals surface area contributed by atoms with Gasteiger partial charge in [-0.25, -0.2) is 0 Å². The van der Waals surface area contributed by atoms with Crippen molar-refractivity contribution in [2.75, 3.05) is 0 Å². The van der Waals surface area contributed by atoms with E-state index in [9.17, 15) is 0 Å². The average Bonchev–Trinajstić information content (AvgIpc) is 2.85. The van der Waals surface area contributed by atoms with Crippen LogP contribution in [0.2, 0.25) is 0 Å². The third kappa shape index (κ3) is 2.07. The molecule has 16 heavy (non-hydrogen) atoms. The van der Waals surface area contributed by atoms with Crippen molar-refractivity contribution in [1.82, 2.24) is 0 Å². The topological polar surface area (TPSA) is 22.4 Å². The molecule has 0 radical (unpaired) electrons. The largest absolute Gasteiger partial charge is 0.466 e. The fraction of sp³-hybridized carbons (Fsp3) is 0.571. The van der Waals surface area contributed by atoms with Crippen LogP contribution < -0.4 is 0 Å². The Bertz CT molecular complexity index is 380. The van der Waals surface area contributed by atoms with Gasteiger partial charge in [-0.05, 0) is 38.8 Å². The second-order valence-electron chi connectivity index (χ2n) is 4.95. The molecule has 0 spiro atoms. The summed E-state index contributed by atoms with van der Waals surface area (Å²) in [5, 5.41) is 0. The van der Waals surface area contributed by atoms with Crippen LogP contribution in [-0.2, 0) is 4.74 Å². The molecule has 0 unspecified atom stereocenters. The lowest BCUT2D eigenvalue weighted by Gasteiger charge is -2.23. The lowest BCUT2D eigenvalue weighted by atomic mass is 9.97. The highest BCUT2D eigenvalue weighted by molar-refractivity contribution is 5.13. The van der Waals surface area contributed by atoms with Gasteiger partial charge in [-0.1, -0.05) is 13.0 Å². The Kier molecular flexibility index (Phi) is 2.94. The molecule has 2 nitrogen and oxygen atoms in total. The molecule has 2 heterocycles. The zero-order valence-electron chi connectivity index (χ0n) is 10.3. The Morgan fingerprint density at radius 3 is 2.81 bits per heavy atom. The molecule has 1 aliphatic rings. The van der Waals surface area contributed by atoms with E-state index in [2.05, 4.69) is 20.4 Å². The van der Waals surface area contributed by atoms with Gasteiger partial charge in [0, 0.05) is 5.92 Å². The van der Waals surface area contributed by atoms with Gasteiger partial charge in [0.1, 0.15) is 11.5 Å². The summed E-state index contributed by atoms with van der Waals surface area (Å²) in [6.07, 6.45) is 4.27. The average molecular weight is 220 g/mol. The van der Waals surface area contributed by atoms with Crippen LogP contribution in [0.1, 0.15) is 44.1 Å². The number of furan rings is 1. The van der Waals surface area contributed by atoms with E-state index in [0.29, 0.717) is 5.92 Å². The molecule has 1 saturated heterocycles. The predicted octanol–water partition coefficient (Wildman–Crippen LogP) is 3.82. The van der Waals surface area contributed by atoms with Crippen molar-refractivity contribution in [3.8, 4) is 0 Å². The summed E-state index contributed by atoms with van der Waals surface area (Å²) in [4.78, 5) is 0. The lowest BCUT2D eigenvalue weighted by molar-refractivity contribution is -0.00806. The number of aryl methyl sites for hydroxylation is 1. The SMILES string of the molecule is C=C[C@@]1(C)CC[C@@H]([C@H](C)c2ccc(C)o2)O1. The highest BCUT2D eigenvalue weighted by atomic mass is 16.5. The van der Waals surface area contributed by atoms with E-state index >= 15 is 0 Å². The van der Waals surface area contributed by atoms with Gasteiger partial charge >= 0.3 is 0 Å². The Hall–Kier alpha value is -1.02. The van der Waals surface area contributed by atoms with Crippen LogP contribution in [0.4, 0.5) is 0 Å². The zero-order valence-corrected chi connectivity index (χ0v) is 10.3. The highest BCUT2D eigenvalue weighted by Gasteiger charge is 2.37. The summed E-state index contributed by atoms with van der Waals surface area (Å²) < 4.78 is 11.7. The minimum Gasteiger partial charge on any atom is -0.466 e. The van der Waals surface area contributed by atoms with Crippen molar-refractivity contribution in [1.29, 1.82) is 0 Å². The summed E-state index contributed by atoms with van der Waals surface area (Å²) in [6, 6.07) is 4.06. The van der Waals surface area contributed by atoms with E-state index in [1.807, 2.05) is 25.1 Å². The van der Waals surface area contributed by atoms with Gasteiger partial charge in [0.15, 0.2) is 0 Å². The number of rotatable bonds is 3. The third-order valence-corrected chi connectivity index (χ3v) is 3.55. The molecule has 0 saturated carbocycles. The van der Waals surface area contributed by atoms with E-state index in [-0.39, 0.29) is 11.7 Å². The van der Waals surface area contributed by atoms with Gasteiger partial charge in [-0.2, -0.15) is 0 Å². The molecule has 0 N–H and O–H groups in total. The molecule has 1 aliphatic heterocycles. The van der Waals surface area contributed by atoms with Crippen molar-refractivity contribution >= 4 is 0 Å². The van der Waals surface area contributed by atoms with Gasteiger partial charge in [0.05, 0.1) is 11.7 Å². The van der Waals surface area contributed by atoms with Crippen LogP contribution in [0.25, 0.3) is 0 Å². The first-order chi connectivity index (χ1) is 7.54. The van der Waals surface area contributed by atoms with Crippen LogP contribution in [0.15, 0.2) is 29.2 Å². The Morgan fingerprint density at radius 1 is 1.56 bits per heavy atom. The molecule has 0 aliphatic carbocycles. The lowest BCUT2D eigenvalue weighted by Crippen LogP contribution is -2.24. The van der Waals surface area contributed by atoms with Crippen LogP contribution in [0.3, 0.4) is 0 Å². The van der Waals surface area contributed by atoms with Crippen molar-refractivity contribution in [3.63, 3.8) is 0 Å². The van der Waals surface area contributed by atoms with E-state index < -0.39 is 0 Å². The van der Waals surface area contributed by atoms with Crippen molar-refractivity contribution in [2.45, 2.75) is 51.2 Å². The molecule has 88 valence electrons. The maximum absolute atomic E-state index is 6.05. The molecular formula is C14H20O2. The van der Waals surface area contributed by atoms with E-state index in [4.69, 9.17) is 9.15 Å². The van der Waals surface area contributed by atoms with Gasteiger partial charge in [0.2, 0.25) is 0 Å². The molecule has 1 aromatic heterocycles. The maximum atomic E-state index is 6.05. The normalized spacial score (nSPS) is 31.6. The van der Waals surface area contributed by atoms with E-state index in [1.54, 1.807) is 0 Å². The van der Waals surface area contributed by atoms with Crippen molar-refractivity contribution in [2.24, 2.45) is 0 Å². The van der Waals surface area contributed by atoms with Crippen molar-refractivity contribution < 1.29 is 9.15 Å². The van der Waals surface area contributed by atoms with Gasteiger partial charge < -0.3 is 9.15 Å². The minimum atomic E-state index is -0.152. The van der Waals surface area contributed by atoms with Crippen LogP contribution in [0.5, 0.6) is 0 Å². The van der Waals surface area contributed by atoms with Gasteiger partial charge in [-0.3, -0.25) is 0 Å². The summed E-state index contributed by atoms with van der Waals surface area (Å²) in [5.74, 6) is 2.30. The van der Waals surface area contributed by atoms with Crippen LogP contribution in [0, 0.1) is 6.92 Å². The number of hydrogen-bond donors (Lipinski definition) is 0. The molecule has 0 amide bonds. The first-order valence-electron chi connectivity index (χ1n) is 5.92. The Morgan fingerprint density at radius 2 is 2.31 bits per heavy atom. The zero-order chi connectivity index (χ0) is 11.8.